The second kappa shape index (κ2) is 3.50. The van der Waals surface area contributed by atoms with Crippen LogP contribution in [-0.2, 0) is 11.3 Å². The minimum atomic E-state index is 0.152. The average molecular weight is 224 g/mol. The van der Waals surface area contributed by atoms with E-state index in [1.165, 1.54) is 5.56 Å². The van der Waals surface area contributed by atoms with Gasteiger partial charge in [-0.05, 0) is 11.8 Å². The Morgan fingerprint density at radius 3 is 3.20 bits per heavy atom. The van der Waals surface area contributed by atoms with Gasteiger partial charge in [-0.1, -0.05) is 0 Å². The third kappa shape index (κ3) is 1.61. The molecule has 1 atom stereocenters. The number of thiophene rings is 1. The van der Waals surface area contributed by atoms with Crippen molar-refractivity contribution < 1.29 is 9.63 Å². The highest BCUT2D eigenvalue weighted by molar-refractivity contribution is 7.08. The number of nitrogens with one attached hydrogen (secondary N) is 1. The molecule has 4 nitrogen and oxygen atoms in total. The minimum absolute atomic E-state index is 0.152. The molecule has 1 aromatic rings. The molecule has 5 heteroatoms. The van der Waals surface area contributed by atoms with Crippen molar-refractivity contribution in [2.45, 2.75) is 25.4 Å². The first-order valence-corrected chi connectivity index (χ1v) is 6.03. The van der Waals surface area contributed by atoms with Gasteiger partial charge >= 0.3 is 0 Å². The maximum Gasteiger partial charge on any atom is 0.220 e. The van der Waals surface area contributed by atoms with Gasteiger partial charge in [0.25, 0.3) is 0 Å². The number of rotatable bonds is 1. The van der Waals surface area contributed by atoms with Crippen LogP contribution >= 0.6 is 11.3 Å². The molecule has 0 aromatic carbocycles. The van der Waals surface area contributed by atoms with Crippen LogP contribution in [0, 0.1) is 0 Å². The Labute approximate surface area is 91.8 Å². The standard InChI is InChI=1S/C10H12N2O2S/c13-10-2-1-8(3-11-10)12-4-7-5-15-6-9(7)14-12/h5-6,8H,1-4H2,(H,11,13)/t8-/m0/s1. The fraction of sp³-hybridized carbons (Fsp3) is 0.500. The molecule has 15 heavy (non-hydrogen) atoms. The Morgan fingerprint density at radius 1 is 1.53 bits per heavy atom. The van der Waals surface area contributed by atoms with Gasteiger partial charge < -0.3 is 10.2 Å². The molecule has 0 bridgehead atoms. The summed E-state index contributed by atoms with van der Waals surface area (Å²) in [5.41, 5.74) is 1.26. The van der Waals surface area contributed by atoms with Crippen LogP contribution in [0.15, 0.2) is 10.8 Å². The van der Waals surface area contributed by atoms with Crippen molar-refractivity contribution in [1.29, 1.82) is 0 Å². The van der Waals surface area contributed by atoms with Gasteiger partial charge in [0.2, 0.25) is 5.91 Å². The summed E-state index contributed by atoms with van der Waals surface area (Å²) >= 11 is 1.67. The summed E-state index contributed by atoms with van der Waals surface area (Å²) in [5, 5.41) is 9.00. The van der Waals surface area contributed by atoms with E-state index in [1.807, 2.05) is 10.4 Å². The summed E-state index contributed by atoms with van der Waals surface area (Å²) in [4.78, 5) is 16.7. The Kier molecular flexibility index (Phi) is 2.14. The first-order chi connectivity index (χ1) is 7.33. The zero-order valence-corrected chi connectivity index (χ0v) is 9.05. The molecule has 3 heterocycles. The second-order valence-corrected chi connectivity index (χ2v) is 4.67. The first kappa shape index (κ1) is 9.18. The lowest BCUT2D eigenvalue weighted by Crippen LogP contribution is -2.47. The smallest absolute Gasteiger partial charge is 0.220 e. The number of hydrogen-bond acceptors (Lipinski definition) is 4. The van der Waals surface area contributed by atoms with Gasteiger partial charge in [0.15, 0.2) is 5.75 Å². The largest absolute Gasteiger partial charge is 0.404 e. The molecule has 1 aromatic heterocycles. The molecule has 0 radical (unpaired) electrons. The molecule has 3 rings (SSSR count). The number of hydrogen-bond donors (Lipinski definition) is 1. The van der Waals surface area contributed by atoms with E-state index in [-0.39, 0.29) is 5.91 Å². The van der Waals surface area contributed by atoms with E-state index >= 15 is 0 Å². The fourth-order valence-corrected chi connectivity index (χ4v) is 2.74. The van der Waals surface area contributed by atoms with Crippen LogP contribution in [0.3, 0.4) is 0 Å². The summed E-state index contributed by atoms with van der Waals surface area (Å²) in [7, 11) is 0. The molecule has 0 saturated carbocycles. The maximum atomic E-state index is 11.0. The van der Waals surface area contributed by atoms with Crippen LogP contribution < -0.4 is 10.2 Å². The van der Waals surface area contributed by atoms with Gasteiger partial charge in [0, 0.05) is 23.9 Å². The van der Waals surface area contributed by atoms with Crippen LogP contribution in [0.5, 0.6) is 5.75 Å². The molecule has 80 valence electrons. The van der Waals surface area contributed by atoms with Crippen molar-refractivity contribution in [2.75, 3.05) is 6.54 Å². The van der Waals surface area contributed by atoms with Gasteiger partial charge in [-0.15, -0.1) is 16.4 Å². The Hall–Kier alpha value is -1.07. The van der Waals surface area contributed by atoms with Crippen molar-refractivity contribution >= 4 is 17.2 Å². The Morgan fingerprint density at radius 2 is 2.47 bits per heavy atom. The molecule has 1 fully saturated rings. The monoisotopic (exact) mass is 224 g/mol. The zero-order valence-electron chi connectivity index (χ0n) is 8.23. The van der Waals surface area contributed by atoms with Gasteiger partial charge in [-0.2, -0.15) is 0 Å². The molecule has 1 amide bonds. The van der Waals surface area contributed by atoms with E-state index < -0.39 is 0 Å². The highest BCUT2D eigenvalue weighted by Gasteiger charge is 2.31. The zero-order chi connectivity index (χ0) is 10.3. The lowest BCUT2D eigenvalue weighted by molar-refractivity contribution is -0.128. The molecular formula is C10H12N2O2S. The van der Waals surface area contributed by atoms with E-state index in [4.69, 9.17) is 4.84 Å². The summed E-state index contributed by atoms with van der Waals surface area (Å²) < 4.78 is 0. The number of nitrogens with zero attached hydrogens (tertiary/aromatic N) is 1. The summed E-state index contributed by atoms with van der Waals surface area (Å²) in [6, 6.07) is 0.320. The topological polar surface area (TPSA) is 41.6 Å². The van der Waals surface area contributed by atoms with Crippen molar-refractivity contribution in [3.63, 3.8) is 0 Å². The van der Waals surface area contributed by atoms with E-state index in [0.29, 0.717) is 19.0 Å². The Balaban J connectivity index is 1.66. The van der Waals surface area contributed by atoms with Crippen LogP contribution in [-0.4, -0.2) is 23.6 Å². The molecule has 0 spiro atoms. The molecule has 1 saturated heterocycles. The molecule has 2 aliphatic rings. The fourth-order valence-electron chi connectivity index (χ4n) is 2.00. The van der Waals surface area contributed by atoms with Crippen LogP contribution in [0.25, 0.3) is 0 Å². The average Bonchev–Trinajstić information content (AvgIpc) is 2.78. The number of piperidine rings is 1. The third-order valence-electron chi connectivity index (χ3n) is 2.89. The van der Waals surface area contributed by atoms with Crippen molar-refractivity contribution in [3.05, 3.63) is 16.3 Å². The molecular weight excluding hydrogens is 212 g/mol. The second-order valence-electron chi connectivity index (χ2n) is 3.92. The van der Waals surface area contributed by atoms with Crippen LogP contribution in [0.4, 0.5) is 0 Å². The summed E-state index contributed by atoms with van der Waals surface area (Å²) in [6.07, 6.45) is 1.50. The van der Waals surface area contributed by atoms with Crippen molar-refractivity contribution in [1.82, 2.24) is 10.4 Å². The van der Waals surface area contributed by atoms with E-state index in [0.717, 1.165) is 18.7 Å². The summed E-state index contributed by atoms with van der Waals surface area (Å²) in [6.45, 7) is 1.55. The van der Waals surface area contributed by atoms with Gasteiger partial charge in [-0.25, -0.2) is 0 Å². The molecule has 2 aliphatic heterocycles. The highest BCUT2D eigenvalue weighted by atomic mass is 32.1. The van der Waals surface area contributed by atoms with Crippen LogP contribution in [0.1, 0.15) is 18.4 Å². The number of carbonyl (C=O) groups excluding carboxylic acids is 1. The predicted molar refractivity (Wildman–Crippen MR) is 56.5 cm³/mol. The minimum Gasteiger partial charge on any atom is -0.404 e. The third-order valence-corrected chi connectivity index (χ3v) is 3.66. The summed E-state index contributed by atoms with van der Waals surface area (Å²) in [5.74, 6) is 1.14. The lowest BCUT2D eigenvalue weighted by Gasteiger charge is -2.29. The van der Waals surface area contributed by atoms with Gasteiger partial charge in [0.05, 0.1) is 12.6 Å². The SMILES string of the molecule is O=C1CC[C@H](N2Cc3cscc3O2)CN1. The van der Waals surface area contributed by atoms with Crippen LogP contribution in [0.2, 0.25) is 0 Å². The molecule has 0 aliphatic carbocycles. The molecule has 1 N–H and O–H groups in total. The van der Waals surface area contributed by atoms with E-state index in [2.05, 4.69) is 10.7 Å². The van der Waals surface area contributed by atoms with Gasteiger partial charge in [0.1, 0.15) is 0 Å². The van der Waals surface area contributed by atoms with Crippen molar-refractivity contribution in [3.8, 4) is 5.75 Å². The van der Waals surface area contributed by atoms with E-state index in [1.54, 1.807) is 11.3 Å². The normalized spacial score (nSPS) is 25.9. The lowest BCUT2D eigenvalue weighted by atomic mass is 10.1. The van der Waals surface area contributed by atoms with Gasteiger partial charge in [-0.3, -0.25) is 4.79 Å². The maximum absolute atomic E-state index is 11.0. The molecule has 0 unspecified atom stereocenters. The highest BCUT2D eigenvalue weighted by Crippen LogP contribution is 2.33. The van der Waals surface area contributed by atoms with E-state index in [9.17, 15) is 4.79 Å². The predicted octanol–water partition coefficient (Wildman–Crippen LogP) is 1.14. The number of amides is 1. The number of fused-ring (bicyclic) bond motifs is 1. The van der Waals surface area contributed by atoms with Crippen molar-refractivity contribution in [2.24, 2.45) is 0 Å². The number of carbonyl (C=O) groups is 1. The quantitative estimate of drug-likeness (QED) is 0.777. The Bertz CT molecular complexity index is 360. The number of hydroxylamine groups is 2. The first-order valence-electron chi connectivity index (χ1n) is 5.09.